The third-order valence-corrected chi connectivity index (χ3v) is 5.45. The number of rotatable bonds is 9. The Balaban J connectivity index is 2.21. The molecule has 0 aliphatic carbocycles. The van der Waals surface area contributed by atoms with E-state index >= 15 is 0 Å². The zero-order valence-electron chi connectivity index (χ0n) is 16.7. The predicted octanol–water partition coefficient (Wildman–Crippen LogP) is 3.47. The Kier molecular flexibility index (Phi) is 6.14. The Bertz CT molecular complexity index is 871. The van der Waals surface area contributed by atoms with Crippen molar-refractivity contribution in [2.24, 2.45) is 5.73 Å². The molecule has 1 aromatic carbocycles. The van der Waals surface area contributed by atoms with Gasteiger partial charge in [0.1, 0.15) is 12.1 Å². The number of anilines is 1. The number of amides is 1. The van der Waals surface area contributed by atoms with Crippen LogP contribution in [0.15, 0.2) is 18.3 Å². The van der Waals surface area contributed by atoms with Crippen LogP contribution in [-0.2, 0) is 16.1 Å². The van der Waals surface area contributed by atoms with E-state index in [2.05, 4.69) is 23.7 Å². The molecule has 1 aliphatic rings. The number of imidazole rings is 1. The number of nitrogens with one attached hydrogen (secondary N) is 1. The highest BCUT2D eigenvalue weighted by molar-refractivity contribution is 5.96. The van der Waals surface area contributed by atoms with Gasteiger partial charge in [-0.05, 0) is 37.0 Å². The standard InChI is InChI=1S/C21H28N4O3/c1-4-13(5-2)21-23-11-19-16(7-6-8-26)24-17-10-15(20(22)27)14(12-28-3)9-18(17)25(19)21/h8-11,13,16,24H,4-7,12H2,1-3H3,(H2,22,27). The molecule has 3 rings (SSSR count). The van der Waals surface area contributed by atoms with Crippen LogP contribution in [0.4, 0.5) is 5.69 Å². The molecule has 0 radical (unpaired) electrons. The van der Waals surface area contributed by atoms with Crippen LogP contribution in [0.25, 0.3) is 5.69 Å². The summed E-state index contributed by atoms with van der Waals surface area (Å²) >= 11 is 0. The molecule has 28 heavy (non-hydrogen) atoms. The minimum atomic E-state index is -0.488. The lowest BCUT2D eigenvalue weighted by Gasteiger charge is -2.31. The number of methoxy groups -OCH3 is 1. The lowest BCUT2D eigenvalue weighted by atomic mass is 9.98. The van der Waals surface area contributed by atoms with E-state index in [1.54, 1.807) is 13.2 Å². The fourth-order valence-electron chi connectivity index (χ4n) is 3.98. The van der Waals surface area contributed by atoms with Crippen molar-refractivity contribution in [2.75, 3.05) is 12.4 Å². The van der Waals surface area contributed by atoms with Gasteiger partial charge < -0.3 is 20.6 Å². The minimum Gasteiger partial charge on any atom is -0.380 e. The van der Waals surface area contributed by atoms with Crippen molar-refractivity contribution in [1.82, 2.24) is 9.55 Å². The number of aromatic nitrogens is 2. The second kappa shape index (κ2) is 8.56. The number of nitrogens with zero attached hydrogens (tertiary/aromatic N) is 2. The second-order valence-corrected chi connectivity index (χ2v) is 7.15. The molecular formula is C21H28N4O3. The quantitative estimate of drug-likeness (QED) is 0.645. The number of aldehydes is 1. The normalized spacial score (nSPS) is 15.1. The molecule has 150 valence electrons. The first-order valence-electron chi connectivity index (χ1n) is 9.79. The molecular weight excluding hydrogens is 356 g/mol. The zero-order valence-corrected chi connectivity index (χ0v) is 16.7. The monoisotopic (exact) mass is 384 g/mol. The van der Waals surface area contributed by atoms with Crippen LogP contribution in [0.2, 0.25) is 0 Å². The molecule has 0 saturated heterocycles. The highest BCUT2D eigenvalue weighted by Gasteiger charge is 2.30. The maximum atomic E-state index is 12.0. The number of benzene rings is 1. The molecule has 0 saturated carbocycles. The molecule has 0 fully saturated rings. The molecule has 1 aliphatic heterocycles. The summed E-state index contributed by atoms with van der Waals surface area (Å²) in [5.41, 5.74) is 9.58. The number of carbonyl (C=O) groups excluding carboxylic acids is 2. The minimum absolute atomic E-state index is 0.0534. The van der Waals surface area contributed by atoms with Crippen LogP contribution in [0.5, 0.6) is 0 Å². The number of carbonyl (C=O) groups is 2. The van der Waals surface area contributed by atoms with Crippen LogP contribution >= 0.6 is 0 Å². The largest absolute Gasteiger partial charge is 0.380 e. The molecule has 0 bridgehead atoms. The molecule has 1 aromatic heterocycles. The van der Waals surface area contributed by atoms with Crippen molar-refractivity contribution in [3.05, 3.63) is 41.0 Å². The highest BCUT2D eigenvalue weighted by atomic mass is 16.5. The SMILES string of the molecule is CCC(CC)c1ncc2n1-c1cc(COC)c(C(N)=O)cc1NC2CCC=O. The number of ether oxygens (including phenoxy) is 1. The topological polar surface area (TPSA) is 99.2 Å². The van der Waals surface area contributed by atoms with Gasteiger partial charge in [-0.1, -0.05) is 13.8 Å². The molecule has 2 heterocycles. The van der Waals surface area contributed by atoms with Crippen molar-refractivity contribution in [3.8, 4) is 5.69 Å². The smallest absolute Gasteiger partial charge is 0.249 e. The number of nitrogens with two attached hydrogens (primary N) is 1. The summed E-state index contributed by atoms with van der Waals surface area (Å²) in [5.74, 6) is 0.847. The van der Waals surface area contributed by atoms with E-state index in [1.807, 2.05) is 12.3 Å². The molecule has 3 N–H and O–H groups in total. The van der Waals surface area contributed by atoms with Gasteiger partial charge in [0.15, 0.2) is 0 Å². The number of hydrogen-bond acceptors (Lipinski definition) is 5. The van der Waals surface area contributed by atoms with E-state index in [9.17, 15) is 9.59 Å². The summed E-state index contributed by atoms with van der Waals surface area (Å²) in [6.07, 6.45) is 5.90. The molecule has 1 atom stereocenters. The van der Waals surface area contributed by atoms with Crippen molar-refractivity contribution in [2.45, 2.75) is 58.1 Å². The number of fused-ring (bicyclic) bond motifs is 3. The predicted molar refractivity (Wildman–Crippen MR) is 108 cm³/mol. The van der Waals surface area contributed by atoms with Crippen LogP contribution in [-0.4, -0.2) is 28.9 Å². The Hall–Kier alpha value is -2.67. The molecule has 0 spiro atoms. The molecule has 7 heteroatoms. The van der Waals surface area contributed by atoms with Gasteiger partial charge in [0.05, 0.1) is 35.9 Å². The van der Waals surface area contributed by atoms with Gasteiger partial charge in [-0.15, -0.1) is 0 Å². The lowest BCUT2D eigenvalue weighted by Crippen LogP contribution is -2.25. The van der Waals surface area contributed by atoms with E-state index < -0.39 is 5.91 Å². The Morgan fingerprint density at radius 1 is 1.39 bits per heavy atom. The molecule has 7 nitrogen and oxygen atoms in total. The van der Waals surface area contributed by atoms with Crippen molar-refractivity contribution in [1.29, 1.82) is 0 Å². The Labute approximate surface area is 165 Å². The van der Waals surface area contributed by atoms with Gasteiger partial charge in [-0.25, -0.2) is 4.98 Å². The summed E-state index contributed by atoms with van der Waals surface area (Å²) in [6.45, 7) is 4.62. The van der Waals surface area contributed by atoms with E-state index in [1.165, 1.54) is 0 Å². The number of hydrogen-bond donors (Lipinski definition) is 2. The van der Waals surface area contributed by atoms with Crippen LogP contribution in [0, 0.1) is 0 Å². The first-order chi connectivity index (χ1) is 13.5. The van der Waals surface area contributed by atoms with E-state index in [-0.39, 0.29) is 6.04 Å². The fourth-order valence-corrected chi connectivity index (χ4v) is 3.98. The molecule has 2 aromatic rings. The fraction of sp³-hybridized carbons (Fsp3) is 0.476. The van der Waals surface area contributed by atoms with E-state index in [0.29, 0.717) is 30.9 Å². The second-order valence-electron chi connectivity index (χ2n) is 7.15. The van der Waals surface area contributed by atoms with Crippen molar-refractivity contribution >= 4 is 17.9 Å². The molecule has 1 amide bonds. The summed E-state index contributed by atoms with van der Waals surface area (Å²) in [6, 6.07) is 3.70. The van der Waals surface area contributed by atoms with E-state index in [0.717, 1.165) is 47.6 Å². The average Bonchev–Trinajstić information content (AvgIpc) is 3.12. The van der Waals surface area contributed by atoms with Gasteiger partial charge in [-0.3, -0.25) is 9.36 Å². The lowest BCUT2D eigenvalue weighted by molar-refractivity contribution is -0.108. The third-order valence-electron chi connectivity index (χ3n) is 5.45. The maximum absolute atomic E-state index is 12.0. The number of primary amides is 1. The van der Waals surface area contributed by atoms with Gasteiger partial charge in [0, 0.05) is 25.0 Å². The Morgan fingerprint density at radius 3 is 2.75 bits per heavy atom. The van der Waals surface area contributed by atoms with E-state index in [4.69, 9.17) is 15.5 Å². The summed E-state index contributed by atoms with van der Waals surface area (Å²) in [5, 5.41) is 3.47. The van der Waals surface area contributed by atoms with Crippen LogP contribution in [0.1, 0.15) is 78.9 Å². The van der Waals surface area contributed by atoms with Gasteiger partial charge in [0.2, 0.25) is 5.91 Å². The first kappa shape index (κ1) is 20.1. The van der Waals surface area contributed by atoms with Crippen LogP contribution < -0.4 is 11.1 Å². The first-order valence-corrected chi connectivity index (χ1v) is 9.79. The summed E-state index contributed by atoms with van der Waals surface area (Å²) in [4.78, 5) is 27.7. The van der Waals surface area contributed by atoms with Gasteiger partial charge in [-0.2, -0.15) is 0 Å². The van der Waals surface area contributed by atoms with Crippen molar-refractivity contribution in [3.63, 3.8) is 0 Å². The highest BCUT2D eigenvalue weighted by Crippen LogP contribution is 2.40. The van der Waals surface area contributed by atoms with Crippen molar-refractivity contribution < 1.29 is 14.3 Å². The third kappa shape index (κ3) is 3.54. The van der Waals surface area contributed by atoms with Gasteiger partial charge >= 0.3 is 0 Å². The zero-order chi connectivity index (χ0) is 20.3. The molecule has 1 unspecified atom stereocenters. The maximum Gasteiger partial charge on any atom is 0.249 e. The Morgan fingerprint density at radius 2 is 2.14 bits per heavy atom. The summed E-state index contributed by atoms with van der Waals surface area (Å²) in [7, 11) is 1.59. The summed E-state index contributed by atoms with van der Waals surface area (Å²) < 4.78 is 7.46. The average molecular weight is 384 g/mol. The van der Waals surface area contributed by atoms with Gasteiger partial charge in [0.25, 0.3) is 0 Å². The van der Waals surface area contributed by atoms with Crippen LogP contribution in [0.3, 0.4) is 0 Å².